The van der Waals surface area contributed by atoms with Gasteiger partial charge in [0.15, 0.2) is 0 Å². The van der Waals surface area contributed by atoms with Crippen molar-refractivity contribution in [2.45, 2.75) is 25.2 Å². The number of aromatic nitrogens is 1. The van der Waals surface area contributed by atoms with Gasteiger partial charge in [-0.05, 0) is 42.0 Å². The molecule has 160 valence electrons. The van der Waals surface area contributed by atoms with E-state index < -0.39 is 0 Å². The maximum atomic E-state index is 13.9. The molecule has 2 aliphatic heterocycles. The Labute approximate surface area is 180 Å². The third-order valence-electron chi connectivity index (χ3n) is 7.18. The first-order chi connectivity index (χ1) is 15.0. The molecule has 2 aliphatic rings. The van der Waals surface area contributed by atoms with Crippen molar-refractivity contribution >= 4 is 22.7 Å². The summed E-state index contributed by atoms with van der Waals surface area (Å²) < 4.78 is 15.9. The number of nitrogens with one attached hydrogen (secondary N) is 1. The summed E-state index contributed by atoms with van der Waals surface area (Å²) in [6, 6.07) is 14.6. The summed E-state index contributed by atoms with van der Waals surface area (Å²) in [4.78, 5) is 27.5. The fraction of sp³-hybridized carbons (Fsp3) is 0.360. The highest BCUT2D eigenvalue weighted by Crippen LogP contribution is 2.49. The van der Waals surface area contributed by atoms with Crippen LogP contribution in [0.3, 0.4) is 0 Å². The van der Waals surface area contributed by atoms with Gasteiger partial charge < -0.3 is 14.8 Å². The van der Waals surface area contributed by atoms with E-state index in [9.17, 15) is 14.0 Å². The van der Waals surface area contributed by atoms with Gasteiger partial charge in [-0.25, -0.2) is 4.39 Å². The molecule has 2 amide bonds. The van der Waals surface area contributed by atoms with Crippen molar-refractivity contribution in [1.82, 2.24) is 14.8 Å². The average Bonchev–Trinajstić information content (AvgIpc) is 3.11. The monoisotopic (exact) mass is 419 g/mol. The Morgan fingerprint density at radius 1 is 1.13 bits per heavy atom. The molecule has 0 aliphatic carbocycles. The Kier molecular flexibility index (Phi) is 4.80. The van der Waals surface area contributed by atoms with E-state index in [2.05, 4.69) is 5.32 Å². The van der Waals surface area contributed by atoms with E-state index in [1.54, 1.807) is 12.1 Å². The first-order valence-corrected chi connectivity index (χ1v) is 10.8. The number of aryl methyl sites for hydroxylation is 1. The van der Waals surface area contributed by atoms with Crippen molar-refractivity contribution in [3.8, 4) is 0 Å². The van der Waals surface area contributed by atoms with Crippen molar-refractivity contribution in [3.63, 3.8) is 0 Å². The predicted molar refractivity (Wildman–Crippen MR) is 117 cm³/mol. The molecule has 1 unspecified atom stereocenters. The van der Waals surface area contributed by atoms with Crippen LogP contribution in [0.25, 0.3) is 10.9 Å². The minimum atomic E-state index is -0.256. The molecule has 5 rings (SSSR count). The fourth-order valence-electron chi connectivity index (χ4n) is 5.50. The summed E-state index contributed by atoms with van der Waals surface area (Å²) in [7, 11) is 1.95. The number of likely N-dealkylation sites (tertiary alicyclic amines) is 1. The molecule has 0 bridgehead atoms. The smallest absolute Gasteiger partial charge is 0.256 e. The minimum Gasteiger partial charge on any atom is -0.355 e. The van der Waals surface area contributed by atoms with Gasteiger partial charge >= 0.3 is 0 Å². The molecule has 0 radical (unpaired) electrons. The van der Waals surface area contributed by atoms with Crippen molar-refractivity contribution in [3.05, 3.63) is 71.7 Å². The second-order valence-electron chi connectivity index (χ2n) is 8.91. The van der Waals surface area contributed by atoms with Gasteiger partial charge in [0.1, 0.15) is 5.82 Å². The van der Waals surface area contributed by atoms with Crippen molar-refractivity contribution in [2.24, 2.45) is 12.5 Å². The zero-order valence-corrected chi connectivity index (χ0v) is 17.6. The number of piperidine rings is 2. The molecule has 6 heteroatoms. The summed E-state index contributed by atoms with van der Waals surface area (Å²) in [6.07, 6.45) is 3.79. The number of carbonyl (C=O) groups is 2. The highest BCUT2D eigenvalue weighted by molar-refractivity contribution is 6.07. The van der Waals surface area contributed by atoms with Gasteiger partial charge in [0.25, 0.3) is 5.91 Å². The van der Waals surface area contributed by atoms with Crippen LogP contribution in [0.5, 0.6) is 0 Å². The van der Waals surface area contributed by atoms with Crippen LogP contribution >= 0.6 is 0 Å². The first kappa shape index (κ1) is 19.8. The number of rotatable bonds is 2. The van der Waals surface area contributed by atoms with Crippen LogP contribution in [-0.2, 0) is 11.8 Å². The quantitative estimate of drug-likeness (QED) is 0.686. The van der Waals surface area contributed by atoms with Gasteiger partial charge in [0.05, 0.1) is 5.56 Å². The molecule has 2 saturated heterocycles. The Balaban J connectivity index is 1.39. The number of para-hydroxylation sites is 1. The summed E-state index contributed by atoms with van der Waals surface area (Å²) in [5.74, 6) is -0.125. The average molecular weight is 420 g/mol. The second kappa shape index (κ2) is 7.52. The lowest BCUT2D eigenvalue weighted by atomic mass is 9.62. The molecule has 5 nitrogen and oxygen atoms in total. The molecule has 1 atom stereocenters. The van der Waals surface area contributed by atoms with Crippen LogP contribution in [0.1, 0.15) is 41.1 Å². The largest absolute Gasteiger partial charge is 0.355 e. The SMILES string of the molecule is Cn1cc(C(=O)N2CCC3(CC2)CC(=O)NCC3c2cccc(F)c2)c2ccccc21. The van der Waals surface area contributed by atoms with Gasteiger partial charge in [-0.2, -0.15) is 0 Å². The second-order valence-corrected chi connectivity index (χ2v) is 8.91. The summed E-state index contributed by atoms with van der Waals surface area (Å²) in [5.41, 5.74) is 2.44. The minimum absolute atomic E-state index is 0.0363. The van der Waals surface area contributed by atoms with Crippen LogP contribution < -0.4 is 5.32 Å². The number of halogens is 1. The molecule has 3 heterocycles. The van der Waals surface area contributed by atoms with E-state index in [1.807, 2.05) is 53.0 Å². The number of amides is 2. The van der Waals surface area contributed by atoms with Crippen molar-refractivity contribution < 1.29 is 14.0 Å². The highest BCUT2D eigenvalue weighted by Gasteiger charge is 2.47. The Hall–Kier alpha value is -3.15. The molecule has 1 spiro atoms. The Bertz CT molecular complexity index is 1160. The number of hydrogen-bond acceptors (Lipinski definition) is 2. The Morgan fingerprint density at radius 3 is 2.68 bits per heavy atom. The lowest BCUT2D eigenvalue weighted by molar-refractivity contribution is -0.127. The lowest BCUT2D eigenvalue weighted by Crippen LogP contribution is -2.52. The van der Waals surface area contributed by atoms with Gasteiger partial charge in [0.2, 0.25) is 5.91 Å². The molecule has 1 N–H and O–H groups in total. The maximum Gasteiger partial charge on any atom is 0.256 e. The zero-order valence-electron chi connectivity index (χ0n) is 17.6. The molecule has 2 aromatic carbocycles. The van der Waals surface area contributed by atoms with Crippen LogP contribution in [0.2, 0.25) is 0 Å². The van der Waals surface area contributed by atoms with E-state index in [0.717, 1.165) is 34.9 Å². The van der Waals surface area contributed by atoms with E-state index in [0.29, 0.717) is 26.1 Å². The molecule has 3 aromatic rings. The van der Waals surface area contributed by atoms with Crippen LogP contribution in [0.15, 0.2) is 54.7 Å². The van der Waals surface area contributed by atoms with E-state index >= 15 is 0 Å². The van der Waals surface area contributed by atoms with Gasteiger partial charge in [-0.3, -0.25) is 9.59 Å². The predicted octanol–water partition coefficient (Wildman–Crippen LogP) is 3.84. The van der Waals surface area contributed by atoms with Gasteiger partial charge in [-0.15, -0.1) is 0 Å². The number of hydrogen-bond donors (Lipinski definition) is 1. The fourth-order valence-corrected chi connectivity index (χ4v) is 5.50. The molecule has 0 saturated carbocycles. The summed E-state index contributed by atoms with van der Waals surface area (Å²) in [6.45, 7) is 1.71. The molecular weight excluding hydrogens is 393 g/mol. The molecular formula is C25H26FN3O2. The maximum absolute atomic E-state index is 13.9. The van der Waals surface area contributed by atoms with Gasteiger partial charge in [0, 0.05) is 56.1 Å². The number of fused-ring (bicyclic) bond motifs is 1. The molecule has 31 heavy (non-hydrogen) atoms. The van der Waals surface area contributed by atoms with Crippen LogP contribution in [-0.4, -0.2) is 40.9 Å². The highest BCUT2D eigenvalue weighted by atomic mass is 19.1. The number of carbonyl (C=O) groups excluding carboxylic acids is 2. The summed E-state index contributed by atoms with van der Waals surface area (Å²) >= 11 is 0. The molecule has 1 aromatic heterocycles. The number of benzene rings is 2. The third-order valence-corrected chi connectivity index (χ3v) is 7.18. The Morgan fingerprint density at radius 2 is 1.90 bits per heavy atom. The van der Waals surface area contributed by atoms with Crippen molar-refractivity contribution in [2.75, 3.05) is 19.6 Å². The van der Waals surface area contributed by atoms with E-state index in [-0.39, 0.29) is 29.0 Å². The summed E-state index contributed by atoms with van der Waals surface area (Å²) in [5, 5.41) is 3.92. The standard InChI is InChI=1S/C25H26FN3O2/c1-28-16-20(19-7-2-3-8-22(19)28)24(31)29-11-9-25(10-12-29)14-23(30)27-15-21(25)17-5-4-6-18(26)13-17/h2-8,13,16,21H,9-12,14-15H2,1H3,(H,27,30). The number of nitrogens with zero attached hydrogens (tertiary/aromatic N) is 2. The lowest BCUT2D eigenvalue weighted by Gasteiger charge is -2.49. The van der Waals surface area contributed by atoms with Gasteiger partial charge in [-0.1, -0.05) is 30.3 Å². The topological polar surface area (TPSA) is 54.3 Å². The van der Waals surface area contributed by atoms with Crippen LogP contribution in [0, 0.1) is 11.2 Å². The molecule has 2 fully saturated rings. The normalized spacial score (nSPS) is 20.8. The first-order valence-electron chi connectivity index (χ1n) is 10.8. The van der Waals surface area contributed by atoms with Crippen molar-refractivity contribution in [1.29, 1.82) is 0 Å². The van der Waals surface area contributed by atoms with E-state index in [4.69, 9.17) is 0 Å². The third kappa shape index (κ3) is 3.40. The van der Waals surface area contributed by atoms with Crippen LogP contribution in [0.4, 0.5) is 4.39 Å². The van der Waals surface area contributed by atoms with E-state index in [1.165, 1.54) is 6.07 Å². The zero-order chi connectivity index (χ0) is 21.6.